The van der Waals surface area contributed by atoms with Crippen molar-refractivity contribution < 1.29 is 47.9 Å². The molecule has 4 aliphatic rings. The number of hydrogen-bond donors (Lipinski definition) is 2. The minimum absolute atomic E-state index is 0.00991. The Kier molecular flexibility index (Phi) is 20.8. The Hall–Kier alpha value is -5.27. The summed E-state index contributed by atoms with van der Waals surface area (Å²) in [6.45, 7) is 7.53. The highest BCUT2D eigenvalue weighted by atomic mass is 19.1. The molecule has 4 aromatic carbocycles. The number of rotatable bonds is 29. The maximum atomic E-state index is 15.1. The number of halogens is 1. The molecule has 0 radical (unpaired) electrons. The minimum Gasteiger partial charge on any atom is -0.459 e. The topological polar surface area (TPSA) is 129 Å². The van der Waals surface area contributed by atoms with Crippen LogP contribution in [0, 0.1) is 23.6 Å². The fourth-order valence-electron chi connectivity index (χ4n) is 11.9. The van der Waals surface area contributed by atoms with E-state index in [-0.39, 0.29) is 63.0 Å². The predicted octanol–water partition coefficient (Wildman–Crippen LogP) is 14.5. The molecular formula is C62H81FN2O9. The monoisotopic (exact) mass is 1020 g/mol. The summed E-state index contributed by atoms with van der Waals surface area (Å²) in [5, 5.41) is 27.4. The summed E-state index contributed by atoms with van der Waals surface area (Å²) >= 11 is 0. The van der Waals surface area contributed by atoms with Crippen molar-refractivity contribution in [1.82, 2.24) is 4.90 Å². The van der Waals surface area contributed by atoms with Crippen LogP contribution < -0.4 is 9.47 Å². The van der Waals surface area contributed by atoms with Crippen molar-refractivity contribution >= 4 is 22.6 Å². The van der Waals surface area contributed by atoms with Crippen LogP contribution in [-0.2, 0) is 25.6 Å². The number of nitrogens with zero attached hydrogens (tertiary/aromatic N) is 2. The van der Waals surface area contributed by atoms with Crippen LogP contribution in [0.25, 0.3) is 10.8 Å². The molecule has 1 saturated carbocycles. The zero-order valence-electron chi connectivity index (χ0n) is 43.8. The molecule has 11 nitrogen and oxygen atoms in total. The second-order valence-corrected chi connectivity index (χ2v) is 20.8. The standard InChI is InChI=1S/C62H81FN2O9/c1-3-5-6-7-8-9-10-11-12-20-39-70-61(68)65(44-45-27-30-49(63)31-28-45)57-43-55(64-74-58-26-17-21-38-69-58)53-41-48(24-15-18-35-66)52(25-16-19-36-67)59-54-42-51(72-50-32-29-46-22-13-14-23-47(46)40-50)33-34-56(54)73-62(57,60(53)59)71-37-4-2/h4,13-14,22-23,27-34,40-42,48,52,57-60,66-67H,2-3,5-12,15-21,24-26,35-39,43-44H2,1H3/t48-,52+,57-,58?,59+,60+,62+/m0/s1. The average Bonchev–Trinajstić information content (AvgIpc) is 3.42. The highest BCUT2D eigenvalue weighted by molar-refractivity contribution is 6.03. The van der Waals surface area contributed by atoms with Gasteiger partial charge in [0, 0.05) is 44.1 Å². The largest absolute Gasteiger partial charge is 0.459 e. The van der Waals surface area contributed by atoms with Gasteiger partial charge in [-0.15, -0.1) is 6.58 Å². The van der Waals surface area contributed by atoms with Gasteiger partial charge in [0.2, 0.25) is 12.1 Å². The van der Waals surface area contributed by atoms with E-state index in [9.17, 15) is 14.6 Å². The van der Waals surface area contributed by atoms with Crippen molar-refractivity contribution in [1.29, 1.82) is 0 Å². The van der Waals surface area contributed by atoms with E-state index in [0.29, 0.717) is 54.4 Å². The van der Waals surface area contributed by atoms with E-state index in [0.717, 1.165) is 86.1 Å². The number of fused-ring (bicyclic) bond motifs is 3. The van der Waals surface area contributed by atoms with E-state index in [1.165, 1.54) is 50.7 Å². The normalized spacial score (nSPS) is 23.6. The lowest BCUT2D eigenvalue weighted by molar-refractivity contribution is -0.256. The highest BCUT2D eigenvalue weighted by Gasteiger charge is 2.66. The molecule has 1 amide bonds. The first-order chi connectivity index (χ1) is 36.3. The number of oxime groups is 1. The highest BCUT2D eigenvalue weighted by Crippen LogP contribution is 2.62. The second kappa shape index (κ2) is 28.0. The van der Waals surface area contributed by atoms with Crippen LogP contribution in [-0.4, -0.2) is 78.1 Å². The molecule has 0 bridgehead atoms. The smallest absolute Gasteiger partial charge is 0.410 e. The molecule has 74 heavy (non-hydrogen) atoms. The molecule has 0 aromatic heterocycles. The van der Waals surface area contributed by atoms with Crippen LogP contribution in [0.15, 0.2) is 114 Å². The fourth-order valence-corrected chi connectivity index (χ4v) is 11.9. The van der Waals surface area contributed by atoms with E-state index in [4.69, 9.17) is 33.7 Å². The molecule has 2 fully saturated rings. The van der Waals surface area contributed by atoms with Crippen LogP contribution in [0.1, 0.15) is 152 Å². The van der Waals surface area contributed by atoms with Crippen molar-refractivity contribution in [2.45, 2.75) is 166 Å². The Balaban J connectivity index is 1.23. The van der Waals surface area contributed by atoms with E-state index >= 15 is 4.79 Å². The molecule has 2 heterocycles. The molecule has 400 valence electrons. The number of ether oxygens (including phenoxy) is 5. The summed E-state index contributed by atoms with van der Waals surface area (Å²) < 4.78 is 48.4. The van der Waals surface area contributed by atoms with Crippen LogP contribution in [0.3, 0.4) is 0 Å². The average molecular weight is 1020 g/mol. The first kappa shape index (κ1) is 55.0. The Bertz CT molecular complexity index is 2460. The summed E-state index contributed by atoms with van der Waals surface area (Å²) in [5.41, 5.74) is 3.25. The van der Waals surface area contributed by atoms with Crippen molar-refractivity contribution in [3.8, 4) is 17.2 Å². The molecule has 1 saturated heterocycles. The number of allylic oxidation sites excluding steroid dienone is 1. The molecular weight excluding hydrogens is 936 g/mol. The Morgan fingerprint density at radius 2 is 1.55 bits per heavy atom. The third-order valence-corrected chi connectivity index (χ3v) is 15.6. The van der Waals surface area contributed by atoms with Gasteiger partial charge in [0.25, 0.3) is 0 Å². The first-order valence-electron chi connectivity index (χ1n) is 28.1. The summed E-state index contributed by atoms with van der Waals surface area (Å²) in [6.07, 6.45) is 21.8. The maximum Gasteiger partial charge on any atom is 0.410 e. The number of carbonyl (C=O) groups is 1. The maximum absolute atomic E-state index is 15.1. The van der Waals surface area contributed by atoms with E-state index in [1.807, 2.05) is 36.4 Å². The van der Waals surface area contributed by atoms with Crippen LogP contribution >= 0.6 is 0 Å². The van der Waals surface area contributed by atoms with Gasteiger partial charge in [-0.3, -0.25) is 4.90 Å². The van der Waals surface area contributed by atoms with Gasteiger partial charge in [-0.05, 0) is 121 Å². The van der Waals surface area contributed by atoms with Crippen molar-refractivity contribution in [2.75, 3.05) is 33.0 Å². The lowest BCUT2D eigenvalue weighted by Gasteiger charge is -2.60. The predicted molar refractivity (Wildman–Crippen MR) is 289 cm³/mol. The molecule has 1 unspecified atom stereocenters. The lowest BCUT2D eigenvalue weighted by Crippen LogP contribution is -2.70. The van der Waals surface area contributed by atoms with E-state index in [1.54, 1.807) is 23.1 Å². The Labute approximate surface area is 439 Å². The zero-order chi connectivity index (χ0) is 51.5. The summed E-state index contributed by atoms with van der Waals surface area (Å²) in [7, 11) is 0. The SMILES string of the molecule is C=CCO[C@@]12Oc3ccc(Oc4ccc5ccccc5c4)cc3[C@H]3[C@H](CCCCO)[C@@H](CCCCO)C=C(C(=NOC4CCCCO4)C[C@@H]1N(Cc1ccc(F)cc1)C(=O)OCCCCCCCCCCCC)[C@H]32. The molecule has 4 aromatic rings. The van der Waals surface area contributed by atoms with E-state index in [2.05, 4.69) is 43.8 Å². The lowest BCUT2D eigenvalue weighted by atomic mass is 9.55. The summed E-state index contributed by atoms with van der Waals surface area (Å²) in [5.74, 6) is -0.682. The second-order valence-electron chi connectivity index (χ2n) is 20.8. The molecule has 2 N–H and O–H groups in total. The molecule has 12 heteroatoms. The van der Waals surface area contributed by atoms with Gasteiger partial charge in [-0.1, -0.05) is 137 Å². The van der Waals surface area contributed by atoms with Crippen molar-refractivity contribution in [2.24, 2.45) is 22.9 Å². The van der Waals surface area contributed by atoms with Gasteiger partial charge >= 0.3 is 6.09 Å². The minimum atomic E-state index is -1.51. The van der Waals surface area contributed by atoms with E-state index < -0.39 is 30.1 Å². The van der Waals surface area contributed by atoms with Crippen LogP contribution in [0.5, 0.6) is 17.2 Å². The molecule has 0 spiro atoms. The molecule has 2 aliphatic heterocycles. The molecule has 2 aliphatic carbocycles. The van der Waals surface area contributed by atoms with Crippen molar-refractivity contribution in [3.63, 3.8) is 0 Å². The number of aliphatic hydroxyl groups excluding tert-OH is 2. The third kappa shape index (κ3) is 14.0. The number of unbranched alkanes of at least 4 members (excludes halogenated alkanes) is 11. The Morgan fingerprint density at radius 3 is 2.28 bits per heavy atom. The van der Waals surface area contributed by atoms with Gasteiger partial charge < -0.3 is 38.7 Å². The van der Waals surface area contributed by atoms with Crippen molar-refractivity contribution in [3.05, 3.63) is 126 Å². The summed E-state index contributed by atoms with van der Waals surface area (Å²) in [4.78, 5) is 23.2. The molecule has 8 rings (SSSR count). The number of aliphatic hydroxyl groups is 2. The molecule has 7 atom stereocenters. The summed E-state index contributed by atoms with van der Waals surface area (Å²) in [6, 6.07) is 25.7. The van der Waals surface area contributed by atoms with Gasteiger partial charge in [-0.25, -0.2) is 9.18 Å². The fraction of sp³-hybridized carbons (Fsp3) is 0.548. The third-order valence-electron chi connectivity index (χ3n) is 15.6. The van der Waals surface area contributed by atoms with Gasteiger partial charge in [0.1, 0.15) is 29.1 Å². The Morgan fingerprint density at radius 1 is 0.838 bits per heavy atom. The van der Waals surface area contributed by atoms with Crippen LogP contribution in [0.4, 0.5) is 9.18 Å². The zero-order valence-corrected chi connectivity index (χ0v) is 43.8. The van der Waals surface area contributed by atoms with Crippen LogP contribution in [0.2, 0.25) is 0 Å². The quantitative estimate of drug-likeness (QED) is 0.0310. The van der Waals surface area contributed by atoms with Gasteiger partial charge in [0.05, 0.1) is 31.5 Å². The van der Waals surface area contributed by atoms with Gasteiger partial charge in [-0.2, -0.15) is 0 Å². The first-order valence-corrected chi connectivity index (χ1v) is 28.1. The number of amides is 1. The number of hydrogen-bond acceptors (Lipinski definition) is 10. The van der Waals surface area contributed by atoms with Gasteiger partial charge in [0.15, 0.2) is 0 Å². The number of benzene rings is 4. The number of carbonyl (C=O) groups excluding carboxylic acids is 1.